The van der Waals surface area contributed by atoms with Gasteiger partial charge < -0.3 is 10.6 Å². The third kappa shape index (κ3) is 3.68. The third-order valence-electron chi connectivity index (χ3n) is 3.11. The number of thioether (sulfide) groups is 1. The largest absolute Gasteiger partial charge is 0.358 e. The van der Waals surface area contributed by atoms with Gasteiger partial charge in [0.1, 0.15) is 0 Å². The van der Waals surface area contributed by atoms with E-state index in [-0.39, 0.29) is 11.9 Å². The summed E-state index contributed by atoms with van der Waals surface area (Å²) in [4.78, 5) is 11.4. The van der Waals surface area contributed by atoms with Crippen molar-refractivity contribution in [2.45, 2.75) is 49.9 Å². The molecule has 0 spiro atoms. The van der Waals surface area contributed by atoms with Crippen LogP contribution in [-0.4, -0.2) is 36.5 Å². The van der Waals surface area contributed by atoms with E-state index in [0.717, 1.165) is 0 Å². The zero-order valence-corrected chi connectivity index (χ0v) is 10.7. The van der Waals surface area contributed by atoms with Crippen LogP contribution in [0.15, 0.2) is 0 Å². The summed E-state index contributed by atoms with van der Waals surface area (Å²) in [5.74, 6) is 0.0837. The zero-order valence-electron chi connectivity index (χ0n) is 9.88. The normalized spacial score (nSPS) is 28.5. The Morgan fingerprint density at radius 3 is 2.67 bits per heavy atom. The van der Waals surface area contributed by atoms with Crippen molar-refractivity contribution in [2.75, 3.05) is 13.3 Å². The molecule has 0 aromatic carbocycles. The predicted octanol–water partition coefficient (Wildman–Crippen LogP) is 1.38. The Bertz CT molecular complexity index is 211. The summed E-state index contributed by atoms with van der Waals surface area (Å²) in [6.07, 6.45) is 7.26. The fourth-order valence-corrected chi connectivity index (χ4v) is 3.13. The van der Waals surface area contributed by atoms with E-state index in [1.165, 1.54) is 25.7 Å². The Balaban J connectivity index is 2.43. The summed E-state index contributed by atoms with van der Waals surface area (Å²) in [6.45, 7) is 1.94. The van der Waals surface area contributed by atoms with Gasteiger partial charge in [-0.05, 0) is 26.0 Å². The van der Waals surface area contributed by atoms with E-state index in [0.29, 0.717) is 11.3 Å². The zero-order chi connectivity index (χ0) is 11.3. The van der Waals surface area contributed by atoms with Crippen LogP contribution in [0.4, 0.5) is 0 Å². The third-order valence-corrected chi connectivity index (χ3v) is 4.28. The fourth-order valence-electron chi connectivity index (χ4n) is 2.18. The maximum Gasteiger partial charge on any atom is 0.236 e. The lowest BCUT2D eigenvalue weighted by atomic mass is 9.94. The van der Waals surface area contributed by atoms with Crippen LogP contribution in [0.5, 0.6) is 0 Å². The van der Waals surface area contributed by atoms with Crippen LogP contribution in [0.2, 0.25) is 0 Å². The van der Waals surface area contributed by atoms with Gasteiger partial charge in [-0.25, -0.2) is 0 Å². The number of amides is 1. The van der Waals surface area contributed by atoms with Crippen LogP contribution in [0.1, 0.15) is 32.6 Å². The van der Waals surface area contributed by atoms with Gasteiger partial charge in [-0.2, -0.15) is 11.8 Å². The topological polar surface area (TPSA) is 41.1 Å². The number of nitrogens with one attached hydrogen (secondary N) is 2. The standard InChI is InChI=1S/C11H22N2OS/c1-8(11(14)12-2)13-9-6-4-5-7-10(9)15-3/h8-10,13H,4-7H2,1-3H3,(H,12,14)/t8-,9?,10?/m1/s1. The van der Waals surface area contributed by atoms with Gasteiger partial charge in [0.25, 0.3) is 0 Å². The monoisotopic (exact) mass is 230 g/mol. The highest BCUT2D eigenvalue weighted by Gasteiger charge is 2.26. The summed E-state index contributed by atoms with van der Waals surface area (Å²) >= 11 is 1.92. The summed E-state index contributed by atoms with van der Waals surface area (Å²) in [5.41, 5.74) is 0. The number of carbonyl (C=O) groups excluding carboxylic acids is 1. The van der Waals surface area contributed by atoms with E-state index >= 15 is 0 Å². The first kappa shape index (κ1) is 12.8. The van der Waals surface area contributed by atoms with Crippen LogP contribution >= 0.6 is 11.8 Å². The fraction of sp³-hybridized carbons (Fsp3) is 0.909. The Hall–Kier alpha value is -0.220. The lowest BCUT2D eigenvalue weighted by Gasteiger charge is -2.32. The molecule has 0 radical (unpaired) electrons. The van der Waals surface area contributed by atoms with Crippen molar-refractivity contribution in [3.63, 3.8) is 0 Å². The highest BCUT2D eigenvalue weighted by molar-refractivity contribution is 7.99. The number of carbonyl (C=O) groups is 1. The second kappa shape index (κ2) is 6.38. The highest BCUT2D eigenvalue weighted by atomic mass is 32.2. The van der Waals surface area contributed by atoms with Crippen molar-refractivity contribution in [2.24, 2.45) is 0 Å². The summed E-state index contributed by atoms with van der Waals surface area (Å²) < 4.78 is 0. The Labute approximate surface area is 96.8 Å². The molecule has 2 unspecified atom stereocenters. The minimum Gasteiger partial charge on any atom is -0.358 e. The van der Waals surface area contributed by atoms with E-state index in [9.17, 15) is 4.79 Å². The van der Waals surface area contributed by atoms with Gasteiger partial charge in [0, 0.05) is 18.3 Å². The Morgan fingerprint density at radius 2 is 2.07 bits per heavy atom. The van der Waals surface area contributed by atoms with Crippen molar-refractivity contribution < 1.29 is 4.79 Å². The molecule has 1 fully saturated rings. The molecule has 1 rings (SSSR count). The number of hydrogen-bond donors (Lipinski definition) is 2. The van der Waals surface area contributed by atoms with Gasteiger partial charge in [0.15, 0.2) is 0 Å². The highest BCUT2D eigenvalue weighted by Crippen LogP contribution is 2.27. The van der Waals surface area contributed by atoms with Gasteiger partial charge in [-0.3, -0.25) is 4.79 Å². The first-order valence-corrected chi connectivity index (χ1v) is 6.98. The minimum absolute atomic E-state index is 0.0762. The summed E-state index contributed by atoms with van der Waals surface area (Å²) in [5, 5.41) is 6.79. The van der Waals surface area contributed by atoms with Crippen molar-refractivity contribution in [3.05, 3.63) is 0 Å². The van der Waals surface area contributed by atoms with E-state index in [1.807, 2.05) is 18.7 Å². The molecule has 15 heavy (non-hydrogen) atoms. The van der Waals surface area contributed by atoms with E-state index in [4.69, 9.17) is 0 Å². The van der Waals surface area contributed by atoms with Crippen LogP contribution in [0.3, 0.4) is 0 Å². The predicted molar refractivity (Wildman–Crippen MR) is 66.2 cm³/mol. The molecular formula is C11H22N2OS. The van der Waals surface area contributed by atoms with Gasteiger partial charge in [0.2, 0.25) is 5.91 Å². The molecule has 3 atom stereocenters. The lowest BCUT2D eigenvalue weighted by molar-refractivity contribution is -0.122. The maximum absolute atomic E-state index is 11.4. The Kier molecular flexibility index (Phi) is 5.47. The van der Waals surface area contributed by atoms with Gasteiger partial charge >= 0.3 is 0 Å². The van der Waals surface area contributed by atoms with Crippen molar-refractivity contribution in [1.29, 1.82) is 0 Å². The molecule has 0 heterocycles. The van der Waals surface area contributed by atoms with Gasteiger partial charge in [-0.15, -0.1) is 0 Å². The second-order valence-corrected chi connectivity index (χ2v) is 5.24. The molecule has 1 aliphatic rings. The number of likely N-dealkylation sites (N-methyl/N-ethyl adjacent to an activating group) is 1. The first-order valence-electron chi connectivity index (χ1n) is 5.69. The average molecular weight is 230 g/mol. The SMILES string of the molecule is CNC(=O)[C@@H](C)NC1CCCCC1SC. The second-order valence-electron chi connectivity index (χ2n) is 4.17. The smallest absolute Gasteiger partial charge is 0.236 e. The molecule has 4 heteroatoms. The minimum atomic E-state index is -0.0762. The molecular weight excluding hydrogens is 208 g/mol. The summed E-state index contributed by atoms with van der Waals surface area (Å²) in [7, 11) is 1.69. The molecule has 0 bridgehead atoms. The average Bonchev–Trinajstić information content (AvgIpc) is 2.28. The molecule has 0 aromatic rings. The van der Waals surface area contributed by atoms with E-state index in [1.54, 1.807) is 7.05 Å². The molecule has 0 aromatic heterocycles. The molecule has 0 aliphatic heterocycles. The van der Waals surface area contributed by atoms with Crippen LogP contribution < -0.4 is 10.6 Å². The first-order chi connectivity index (χ1) is 7.19. The molecule has 3 nitrogen and oxygen atoms in total. The lowest BCUT2D eigenvalue weighted by Crippen LogP contribution is -2.50. The van der Waals surface area contributed by atoms with Crippen molar-refractivity contribution in [3.8, 4) is 0 Å². The number of hydrogen-bond acceptors (Lipinski definition) is 3. The molecule has 1 saturated carbocycles. The van der Waals surface area contributed by atoms with Crippen LogP contribution in [-0.2, 0) is 4.79 Å². The molecule has 88 valence electrons. The Morgan fingerprint density at radius 1 is 1.40 bits per heavy atom. The maximum atomic E-state index is 11.4. The number of rotatable bonds is 4. The van der Waals surface area contributed by atoms with Gasteiger partial charge in [0.05, 0.1) is 6.04 Å². The van der Waals surface area contributed by atoms with Crippen LogP contribution in [0.25, 0.3) is 0 Å². The molecule has 1 amide bonds. The molecule has 2 N–H and O–H groups in total. The quantitative estimate of drug-likeness (QED) is 0.767. The molecule has 1 aliphatic carbocycles. The summed E-state index contributed by atoms with van der Waals surface area (Å²) in [6, 6.07) is 0.425. The van der Waals surface area contributed by atoms with E-state index < -0.39 is 0 Å². The molecule has 0 saturated heterocycles. The van der Waals surface area contributed by atoms with Crippen molar-refractivity contribution >= 4 is 17.7 Å². The van der Waals surface area contributed by atoms with Crippen molar-refractivity contribution in [1.82, 2.24) is 10.6 Å². The van der Waals surface area contributed by atoms with Gasteiger partial charge in [-0.1, -0.05) is 12.8 Å². The van der Waals surface area contributed by atoms with E-state index in [2.05, 4.69) is 16.9 Å². The van der Waals surface area contributed by atoms with Crippen LogP contribution in [0, 0.1) is 0 Å².